The molecule has 1 saturated heterocycles. The van der Waals surface area contributed by atoms with Crippen LogP contribution in [0.15, 0.2) is 29.2 Å². The Hall–Kier alpha value is -2.04. The Morgan fingerprint density at radius 3 is 2.45 bits per heavy atom. The number of carbonyl (C=O) groups excluding carboxylic acids is 1. The molecule has 2 N–H and O–H groups in total. The van der Waals surface area contributed by atoms with Gasteiger partial charge in [-0.05, 0) is 6.07 Å². The average Bonchev–Trinajstić information content (AvgIpc) is 2.47. The van der Waals surface area contributed by atoms with E-state index in [1.807, 2.05) is 0 Å². The van der Waals surface area contributed by atoms with Crippen LogP contribution >= 0.6 is 0 Å². The molecule has 120 valence electrons. The molecule has 1 aliphatic rings. The summed E-state index contributed by atoms with van der Waals surface area (Å²) in [4.78, 5) is 22.6. The van der Waals surface area contributed by atoms with Crippen LogP contribution < -0.4 is 5.73 Å². The third kappa shape index (κ3) is 3.59. The van der Waals surface area contributed by atoms with E-state index in [0.29, 0.717) is 13.1 Å². The van der Waals surface area contributed by atoms with Gasteiger partial charge < -0.3 is 5.73 Å². The second kappa shape index (κ2) is 6.38. The first-order valence-electron chi connectivity index (χ1n) is 6.56. The topological polar surface area (TPSA) is 127 Å². The zero-order valence-electron chi connectivity index (χ0n) is 11.7. The van der Waals surface area contributed by atoms with E-state index in [0.717, 1.165) is 6.07 Å². The minimum Gasteiger partial charge on any atom is -0.369 e. The molecule has 9 nitrogen and oxygen atoms in total. The summed E-state index contributed by atoms with van der Waals surface area (Å²) in [7, 11) is -3.78. The van der Waals surface area contributed by atoms with E-state index in [2.05, 4.69) is 0 Å². The van der Waals surface area contributed by atoms with E-state index in [9.17, 15) is 23.3 Å². The zero-order chi connectivity index (χ0) is 16.3. The van der Waals surface area contributed by atoms with Crippen molar-refractivity contribution in [3.05, 3.63) is 34.4 Å². The molecule has 0 radical (unpaired) electrons. The summed E-state index contributed by atoms with van der Waals surface area (Å²) < 4.78 is 26.2. The maximum Gasteiger partial charge on any atom is 0.270 e. The van der Waals surface area contributed by atoms with Gasteiger partial charge in [0.1, 0.15) is 0 Å². The Kier molecular flexibility index (Phi) is 4.74. The highest BCUT2D eigenvalue weighted by Gasteiger charge is 2.29. The summed E-state index contributed by atoms with van der Waals surface area (Å²) >= 11 is 0. The fourth-order valence-corrected chi connectivity index (χ4v) is 3.72. The minimum atomic E-state index is -3.78. The predicted octanol–water partition coefficient (Wildman–Crippen LogP) is -0.614. The van der Waals surface area contributed by atoms with E-state index in [1.54, 1.807) is 4.90 Å². The lowest BCUT2D eigenvalue weighted by molar-refractivity contribution is -0.385. The number of sulfonamides is 1. The van der Waals surface area contributed by atoms with E-state index >= 15 is 0 Å². The van der Waals surface area contributed by atoms with Crippen molar-refractivity contribution in [1.29, 1.82) is 0 Å². The molecule has 0 bridgehead atoms. The van der Waals surface area contributed by atoms with Crippen LogP contribution in [0.4, 0.5) is 5.69 Å². The molecule has 0 aromatic heterocycles. The zero-order valence-corrected chi connectivity index (χ0v) is 12.5. The second-order valence-electron chi connectivity index (χ2n) is 4.90. The molecule has 1 aromatic carbocycles. The SMILES string of the molecule is NC(=O)CN1CCN(S(=O)(=O)c2cccc([N+](=O)[O-])c2)CC1. The molecule has 1 aromatic rings. The van der Waals surface area contributed by atoms with Crippen LogP contribution in [0.5, 0.6) is 0 Å². The van der Waals surface area contributed by atoms with Crippen LogP contribution in [-0.4, -0.2) is 61.2 Å². The van der Waals surface area contributed by atoms with Gasteiger partial charge in [-0.1, -0.05) is 6.07 Å². The maximum atomic E-state index is 12.5. The van der Waals surface area contributed by atoms with Crippen LogP contribution in [0.2, 0.25) is 0 Å². The Labute approximate surface area is 127 Å². The number of nitro groups is 1. The first-order valence-corrected chi connectivity index (χ1v) is 8.00. The Bertz CT molecular complexity index is 683. The number of nitrogens with zero attached hydrogens (tertiary/aromatic N) is 3. The van der Waals surface area contributed by atoms with Crippen molar-refractivity contribution in [3.8, 4) is 0 Å². The predicted molar refractivity (Wildman–Crippen MR) is 77.5 cm³/mol. The van der Waals surface area contributed by atoms with Crippen LogP contribution in [0.25, 0.3) is 0 Å². The van der Waals surface area contributed by atoms with Gasteiger partial charge in [-0.15, -0.1) is 0 Å². The lowest BCUT2D eigenvalue weighted by Crippen LogP contribution is -2.50. The Balaban J connectivity index is 2.13. The van der Waals surface area contributed by atoms with E-state index in [-0.39, 0.29) is 30.2 Å². The number of nitrogens with two attached hydrogens (primary N) is 1. The van der Waals surface area contributed by atoms with Gasteiger partial charge in [0.2, 0.25) is 15.9 Å². The number of amides is 1. The molecule has 0 spiro atoms. The normalized spacial score (nSPS) is 17.3. The van der Waals surface area contributed by atoms with Crippen LogP contribution in [0.1, 0.15) is 0 Å². The molecule has 1 heterocycles. The van der Waals surface area contributed by atoms with Gasteiger partial charge in [0, 0.05) is 38.3 Å². The molecule has 0 aliphatic carbocycles. The molecule has 10 heteroatoms. The van der Waals surface area contributed by atoms with E-state index in [1.165, 1.54) is 22.5 Å². The minimum absolute atomic E-state index is 0.0880. The summed E-state index contributed by atoms with van der Waals surface area (Å²) in [6.07, 6.45) is 0. The summed E-state index contributed by atoms with van der Waals surface area (Å²) in [5, 5.41) is 10.7. The largest absolute Gasteiger partial charge is 0.369 e. The highest BCUT2D eigenvalue weighted by Crippen LogP contribution is 2.21. The van der Waals surface area contributed by atoms with Crippen molar-refractivity contribution >= 4 is 21.6 Å². The highest BCUT2D eigenvalue weighted by atomic mass is 32.2. The van der Waals surface area contributed by atoms with Crippen LogP contribution in [-0.2, 0) is 14.8 Å². The van der Waals surface area contributed by atoms with Crippen molar-refractivity contribution in [2.24, 2.45) is 5.73 Å². The molecular weight excluding hydrogens is 312 g/mol. The van der Waals surface area contributed by atoms with Crippen molar-refractivity contribution in [2.45, 2.75) is 4.90 Å². The molecule has 0 unspecified atom stereocenters. The summed E-state index contributed by atoms with van der Waals surface area (Å²) in [6.45, 7) is 1.27. The number of hydrogen-bond acceptors (Lipinski definition) is 6. The van der Waals surface area contributed by atoms with Gasteiger partial charge in [0.25, 0.3) is 5.69 Å². The first-order chi connectivity index (χ1) is 10.3. The van der Waals surface area contributed by atoms with Crippen molar-refractivity contribution < 1.29 is 18.1 Å². The van der Waals surface area contributed by atoms with Crippen LogP contribution in [0, 0.1) is 10.1 Å². The number of piperazine rings is 1. The quantitative estimate of drug-likeness (QED) is 0.567. The maximum absolute atomic E-state index is 12.5. The Morgan fingerprint density at radius 1 is 1.27 bits per heavy atom. The van der Waals surface area contributed by atoms with Crippen LogP contribution in [0.3, 0.4) is 0 Å². The molecule has 2 rings (SSSR count). The molecule has 1 aliphatic heterocycles. The number of non-ortho nitro benzene ring substituents is 1. The number of nitro benzene ring substituents is 1. The summed E-state index contributed by atoms with van der Waals surface area (Å²) in [6, 6.07) is 4.96. The molecule has 22 heavy (non-hydrogen) atoms. The second-order valence-corrected chi connectivity index (χ2v) is 6.84. The molecule has 1 amide bonds. The number of primary amides is 1. The fourth-order valence-electron chi connectivity index (χ4n) is 2.25. The number of rotatable bonds is 5. The number of benzene rings is 1. The van der Waals surface area contributed by atoms with E-state index < -0.39 is 20.9 Å². The molecule has 1 fully saturated rings. The Morgan fingerprint density at radius 2 is 1.91 bits per heavy atom. The summed E-state index contributed by atoms with van der Waals surface area (Å²) in [5.41, 5.74) is 4.83. The number of carbonyl (C=O) groups is 1. The highest BCUT2D eigenvalue weighted by molar-refractivity contribution is 7.89. The van der Waals surface area contributed by atoms with Gasteiger partial charge in [0.15, 0.2) is 0 Å². The summed E-state index contributed by atoms with van der Waals surface area (Å²) in [5.74, 6) is -0.463. The van der Waals surface area contributed by atoms with E-state index in [4.69, 9.17) is 5.73 Å². The smallest absolute Gasteiger partial charge is 0.270 e. The van der Waals surface area contributed by atoms with Gasteiger partial charge >= 0.3 is 0 Å². The van der Waals surface area contributed by atoms with Crippen molar-refractivity contribution in [2.75, 3.05) is 32.7 Å². The third-order valence-corrected chi connectivity index (χ3v) is 5.27. The lowest BCUT2D eigenvalue weighted by Gasteiger charge is -2.33. The monoisotopic (exact) mass is 328 g/mol. The van der Waals surface area contributed by atoms with Gasteiger partial charge in [0.05, 0.1) is 16.4 Å². The van der Waals surface area contributed by atoms with Gasteiger partial charge in [-0.2, -0.15) is 4.31 Å². The average molecular weight is 328 g/mol. The lowest BCUT2D eigenvalue weighted by atomic mass is 10.3. The molecule has 0 atom stereocenters. The third-order valence-electron chi connectivity index (χ3n) is 3.38. The number of hydrogen-bond donors (Lipinski definition) is 1. The first kappa shape index (κ1) is 16.3. The standard InChI is InChI=1S/C12H16N4O5S/c13-12(17)9-14-4-6-15(7-5-14)22(20,21)11-3-1-2-10(8-11)16(18)19/h1-3,8H,4-7,9H2,(H2,13,17). The van der Waals surface area contributed by atoms with Gasteiger partial charge in [-0.25, -0.2) is 8.42 Å². The van der Waals surface area contributed by atoms with Crippen molar-refractivity contribution in [3.63, 3.8) is 0 Å². The van der Waals surface area contributed by atoms with Gasteiger partial charge in [-0.3, -0.25) is 19.8 Å². The molecule has 0 saturated carbocycles. The fraction of sp³-hybridized carbons (Fsp3) is 0.417. The van der Waals surface area contributed by atoms with Crippen molar-refractivity contribution in [1.82, 2.24) is 9.21 Å². The molecular formula is C12H16N4O5S.